The summed E-state index contributed by atoms with van der Waals surface area (Å²) in [5.74, 6) is 5.40. The van der Waals surface area contributed by atoms with Gasteiger partial charge in [-0.25, -0.2) is 4.39 Å². The van der Waals surface area contributed by atoms with Gasteiger partial charge in [-0.3, -0.25) is 0 Å². The molecule has 0 amide bonds. The van der Waals surface area contributed by atoms with Crippen molar-refractivity contribution in [1.82, 2.24) is 0 Å². The van der Waals surface area contributed by atoms with Crippen LogP contribution in [0.25, 0.3) is 0 Å². The Morgan fingerprint density at radius 2 is 1.48 bits per heavy atom. The minimum Gasteiger partial charge on any atom is -0.493 e. The molecule has 0 saturated carbocycles. The van der Waals surface area contributed by atoms with Gasteiger partial charge in [-0.1, -0.05) is 83.0 Å². The minimum atomic E-state index is -1.13. The molecule has 2 nitrogen and oxygen atoms in total. The largest absolute Gasteiger partial charge is 0.493 e. The third kappa shape index (κ3) is 12.5. The van der Waals surface area contributed by atoms with Crippen LogP contribution in [0.4, 0.5) is 4.39 Å². The van der Waals surface area contributed by atoms with E-state index in [0.29, 0.717) is 12.4 Å². The normalized spacial score (nSPS) is 11.1. The van der Waals surface area contributed by atoms with E-state index in [0.717, 1.165) is 12.8 Å². The van der Waals surface area contributed by atoms with Gasteiger partial charge in [0, 0.05) is 6.07 Å². The van der Waals surface area contributed by atoms with Crippen LogP contribution in [-0.4, -0.2) is 17.3 Å². The van der Waals surface area contributed by atoms with Gasteiger partial charge in [0.05, 0.1) is 12.2 Å². The molecule has 0 spiro atoms. The number of ether oxygens (including phenoxy) is 1. The Kier molecular flexibility index (Phi) is 11.9. The average molecular weight is 377 g/mol. The fourth-order valence-corrected chi connectivity index (χ4v) is 2.86. The number of hydrogen-bond donors (Lipinski definition) is 1. The van der Waals surface area contributed by atoms with Gasteiger partial charge in [0.25, 0.3) is 0 Å². The van der Waals surface area contributed by atoms with Gasteiger partial charge >= 0.3 is 0 Å². The number of aliphatic hydroxyl groups is 1. The highest BCUT2D eigenvalue weighted by Gasteiger charge is 2.07. The molecule has 0 fully saturated rings. The second-order valence-corrected chi connectivity index (χ2v) is 7.83. The minimum absolute atomic E-state index is 0.277. The van der Waals surface area contributed by atoms with E-state index in [9.17, 15) is 9.50 Å². The highest BCUT2D eigenvalue weighted by molar-refractivity contribution is 5.40. The lowest BCUT2D eigenvalue weighted by molar-refractivity contribution is 0.143. The Hall–Kier alpha value is -1.53. The van der Waals surface area contributed by atoms with Crippen LogP contribution in [0.2, 0.25) is 0 Å². The highest BCUT2D eigenvalue weighted by Crippen LogP contribution is 2.17. The van der Waals surface area contributed by atoms with Crippen LogP contribution in [0.3, 0.4) is 0 Å². The summed E-state index contributed by atoms with van der Waals surface area (Å²) in [6.45, 7) is 6.01. The van der Waals surface area contributed by atoms with Crippen molar-refractivity contribution in [2.45, 2.75) is 97.0 Å². The Balaban J connectivity index is 2.11. The number of rotatable bonds is 13. The van der Waals surface area contributed by atoms with Crippen LogP contribution in [0.5, 0.6) is 5.75 Å². The van der Waals surface area contributed by atoms with Gasteiger partial charge in [0.1, 0.15) is 17.2 Å². The van der Waals surface area contributed by atoms with E-state index >= 15 is 0 Å². The smallest absolute Gasteiger partial charge is 0.142 e. The zero-order valence-electron chi connectivity index (χ0n) is 17.5. The van der Waals surface area contributed by atoms with Crippen LogP contribution in [0, 0.1) is 17.7 Å². The lowest BCUT2D eigenvalue weighted by Crippen LogP contribution is -2.14. The van der Waals surface area contributed by atoms with Gasteiger partial charge in [-0.05, 0) is 32.4 Å². The fraction of sp³-hybridized carbons (Fsp3) is 0.667. The first-order valence-corrected chi connectivity index (χ1v) is 10.6. The number of benzene rings is 1. The Morgan fingerprint density at radius 1 is 0.926 bits per heavy atom. The topological polar surface area (TPSA) is 29.5 Å². The summed E-state index contributed by atoms with van der Waals surface area (Å²) in [4.78, 5) is 0. The SMILES string of the molecule is CCCCCCCCCCCCCOc1ccc(C#CC(C)(C)O)c(F)c1. The van der Waals surface area contributed by atoms with E-state index in [4.69, 9.17) is 4.74 Å². The van der Waals surface area contributed by atoms with Crippen molar-refractivity contribution < 1.29 is 14.2 Å². The van der Waals surface area contributed by atoms with Crippen LogP contribution >= 0.6 is 0 Å². The molecule has 0 saturated heterocycles. The molecule has 1 aromatic rings. The molecule has 0 unspecified atom stereocenters. The number of halogens is 1. The molecule has 3 heteroatoms. The molecule has 0 aromatic heterocycles. The van der Waals surface area contributed by atoms with E-state index in [-0.39, 0.29) is 5.56 Å². The molecule has 0 aliphatic carbocycles. The summed E-state index contributed by atoms with van der Waals surface area (Å²) < 4.78 is 19.6. The van der Waals surface area contributed by atoms with E-state index in [1.807, 2.05) is 0 Å². The Labute approximate surface area is 165 Å². The summed E-state index contributed by atoms with van der Waals surface area (Å²) in [6.07, 6.45) is 14.3. The predicted molar refractivity (Wildman–Crippen MR) is 112 cm³/mol. The van der Waals surface area contributed by atoms with Crippen molar-refractivity contribution in [3.8, 4) is 17.6 Å². The first-order chi connectivity index (χ1) is 12.9. The maximum Gasteiger partial charge on any atom is 0.142 e. The predicted octanol–water partition coefficient (Wildman–Crippen LogP) is 6.64. The lowest BCUT2D eigenvalue weighted by Gasteiger charge is -2.08. The molecule has 0 heterocycles. The van der Waals surface area contributed by atoms with E-state index in [2.05, 4.69) is 18.8 Å². The van der Waals surface area contributed by atoms with Crippen molar-refractivity contribution in [3.05, 3.63) is 29.6 Å². The van der Waals surface area contributed by atoms with Gasteiger partial charge in [-0.2, -0.15) is 0 Å². The van der Waals surface area contributed by atoms with Gasteiger partial charge in [-0.15, -0.1) is 0 Å². The lowest BCUT2D eigenvalue weighted by atomic mass is 10.1. The van der Waals surface area contributed by atoms with Crippen LogP contribution in [-0.2, 0) is 0 Å². The monoisotopic (exact) mass is 376 g/mol. The third-order valence-corrected chi connectivity index (χ3v) is 4.46. The second kappa shape index (κ2) is 13.6. The molecule has 152 valence electrons. The Bertz CT molecular complexity index is 578. The van der Waals surface area contributed by atoms with Crippen LogP contribution in [0.15, 0.2) is 18.2 Å². The zero-order chi connectivity index (χ0) is 20.0. The van der Waals surface area contributed by atoms with Crippen molar-refractivity contribution in [2.24, 2.45) is 0 Å². The van der Waals surface area contributed by atoms with E-state index in [1.165, 1.54) is 63.9 Å². The molecular formula is C24H37FO2. The van der Waals surface area contributed by atoms with Gasteiger partial charge < -0.3 is 9.84 Å². The number of unbranched alkanes of at least 4 members (excludes halogenated alkanes) is 10. The second-order valence-electron chi connectivity index (χ2n) is 7.83. The summed E-state index contributed by atoms with van der Waals surface area (Å²) in [6, 6.07) is 4.70. The maximum absolute atomic E-state index is 14.0. The van der Waals surface area contributed by atoms with Crippen LogP contribution < -0.4 is 4.74 Å². The van der Waals surface area contributed by atoms with Gasteiger partial charge in [0.15, 0.2) is 0 Å². The highest BCUT2D eigenvalue weighted by atomic mass is 19.1. The van der Waals surface area contributed by atoms with Crippen LogP contribution in [0.1, 0.15) is 97.0 Å². The van der Waals surface area contributed by atoms with Crippen molar-refractivity contribution >= 4 is 0 Å². The first-order valence-electron chi connectivity index (χ1n) is 10.6. The molecule has 0 aliphatic heterocycles. The molecular weight excluding hydrogens is 339 g/mol. The summed E-state index contributed by atoms with van der Waals surface area (Å²) >= 11 is 0. The molecule has 27 heavy (non-hydrogen) atoms. The molecule has 0 aliphatic rings. The molecule has 0 radical (unpaired) electrons. The molecule has 1 N–H and O–H groups in total. The maximum atomic E-state index is 14.0. The first kappa shape index (κ1) is 23.5. The van der Waals surface area contributed by atoms with Crippen molar-refractivity contribution in [2.75, 3.05) is 6.61 Å². The quantitative estimate of drug-likeness (QED) is 0.309. The summed E-state index contributed by atoms with van der Waals surface area (Å²) in [5.41, 5.74) is -0.851. The van der Waals surface area contributed by atoms with E-state index in [1.54, 1.807) is 26.0 Å². The third-order valence-electron chi connectivity index (χ3n) is 4.46. The Morgan fingerprint density at radius 3 is 2.00 bits per heavy atom. The molecule has 1 rings (SSSR count). The fourth-order valence-electron chi connectivity index (χ4n) is 2.86. The van der Waals surface area contributed by atoms with Gasteiger partial charge in [0.2, 0.25) is 0 Å². The van der Waals surface area contributed by atoms with E-state index < -0.39 is 11.4 Å². The molecule has 0 bridgehead atoms. The molecule has 1 aromatic carbocycles. The standard InChI is InChI=1S/C24H37FO2/c1-4-5-6-7-8-9-10-11-12-13-14-19-27-22-16-15-21(23(25)20-22)17-18-24(2,3)26/h15-16,20,26H,4-14,19H2,1-3H3. The summed E-state index contributed by atoms with van der Waals surface area (Å²) in [5, 5.41) is 9.58. The molecule has 0 atom stereocenters. The average Bonchev–Trinajstić information content (AvgIpc) is 2.61. The summed E-state index contributed by atoms with van der Waals surface area (Å²) in [7, 11) is 0. The zero-order valence-corrected chi connectivity index (χ0v) is 17.5. The van der Waals surface area contributed by atoms with Crippen molar-refractivity contribution in [3.63, 3.8) is 0 Å². The number of hydrogen-bond acceptors (Lipinski definition) is 2. The van der Waals surface area contributed by atoms with Crippen molar-refractivity contribution in [1.29, 1.82) is 0 Å².